The third-order valence-electron chi connectivity index (χ3n) is 3.31. The zero-order valence-electron chi connectivity index (χ0n) is 13.8. The molecule has 0 heterocycles. The molecule has 6 heteroatoms. The van der Waals surface area contributed by atoms with E-state index in [1.54, 1.807) is 18.2 Å². The van der Waals surface area contributed by atoms with E-state index in [0.717, 1.165) is 17.0 Å². The van der Waals surface area contributed by atoms with Gasteiger partial charge in [-0.1, -0.05) is 29.8 Å². The number of halogens is 1. The standard InChI is InChI=1S/C19H18ClN3O2/c1-2-25-17-9-7-16(8-10-17)22-13-15(11-21)19(24)23-12-14-5-3-4-6-18(14)20/h3-10,13,22H,2,12H2,1H3,(H,23,24)/b15-13-. The summed E-state index contributed by atoms with van der Waals surface area (Å²) in [4.78, 5) is 12.1. The van der Waals surface area contributed by atoms with Crippen LogP contribution in [0.2, 0.25) is 5.02 Å². The van der Waals surface area contributed by atoms with Crippen LogP contribution in [0.1, 0.15) is 12.5 Å². The molecule has 2 rings (SSSR count). The molecule has 25 heavy (non-hydrogen) atoms. The van der Waals surface area contributed by atoms with Gasteiger partial charge < -0.3 is 15.4 Å². The lowest BCUT2D eigenvalue weighted by Gasteiger charge is -2.07. The number of hydrogen-bond acceptors (Lipinski definition) is 4. The molecule has 2 N–H and O–H groups in total. The summed E-state index contributed by atoms with van der Waals surface area (Å²) in [7, 11) is 0. The molecule has 5 nitrogen and oxygen atoms in total. The number of amides is 1. The number of ether oxygens (including phenoxy) is 1. The fraction of sp³-hybridized carbons (Fsp3) is 0.158. The fourth-order valence-corrected chi connectivity index (χ4v) is 2.23. The Morgan fingerprint density at radius 2 is 1.96 bits per heavy atom. The molecule has 0 radical (unpaired) electrons. The van der Waals surface area contributed by atoms with Gasteiger partial charge in [0.15, 0.2) is 0 Å². The highest BCUT2D eigenvalue weighted by atomic mass is 35.5. The van der Waals surface area contributed by atoms with Gasteiger partial charge in [0.05, 0.1) is 6.61 Å². The molecule has 128 valence electrons. The van der Waals surface area contributed by atoms with Crippen LogP contribution in [0.5, 0.6) is 5.75 Å². The van der Waals surface area contributed by atoms with Gasteiger partial charge in [-0.05, 0) is 42.8 Å². The first-order valence-electron chi connectivity index (χ1n) is 7.75. The second kappa shape index (κ2) is 9.36. The lowest BCUT2D eigenvalue weighted by Crippen LogP contribution is -2.24. The molecule has 0 saturated heterocycles. The molecule has 2 aromatic rings. The number of nitrogens with zero attached hydrogens (tertiary/aromatic N) is 1. The average Bonchev–Trinajstić information content (AvgIpc) is 2.63. The number of hydrogen-bond donors (Lipinski definition) is 2. The Hall–Kier alpha value is -2.97. The third kappa shape index (κ3) is 5.55. The summed E-state index contributed by atoms with van der Waals surface area (Å²) in [5.41, 5.74) is 1.50. The van der Waals surface area contributed by atoms with Crippen molar-refractivity contribution in [1.29, 1.82) is 5.26 Å². The molecule has 0 bridgehead atoms. The number of benzene rings is 2. The maximum absolute atomic E-state index is 12.1. The molecule has 0 atom stereocenters. The molecule has 0 saturated carbocycles. The van der Waals surface area contributed by atoms with Gasteiger partial charge in [0.1, 0.15) is 17.4 Å². The van der Waals surface area contributed by atoms with Crippen molar-refractivity contribution in [3.05, 3.63) is 70.9 Å². The van der Waals surface area contributed by atoms with E-state index in [9.17, 15) is 10.1 Å². The summed E-state index contributed by atoms with van der Waals surface area (Å²) in [5.74, 6) is 0.288. The van der Waals surface area contributed by atoms with Crippen molar-refractivity contribution in [2.45, 2.75) is 13.5 Å². The Bertz CT molecular complexity index is 795. The van der Waals surface area contributed by atoms with Gasteiger partial charge >= 0.3 is 0 Å². The second-order valence-corrected chi connectivity index (χ2v) is 5.45. The minimum Gasteiger partial charge on any atom is -0.494 e. The number of rotatable bonds is 7. The molecule has 0 fully saturated rings. The SMILES string of the molecule is CCOc1ccc(N/C=C(/C#N)C(=O)NCc2ccccc2Cl)cc1. The molecule has 0 aliphatic carbocycles. The number of nitrogens with one attached hydrogen (secondary N) is 2. The van der Waals surface area contributed by atoms with Gasteiger partial charge in [-0.15, -0.1) is 0 Å². The first kappa shape index (κ1) is 18.4. The Labute approximate surface area is 151 Å². The van der Waals surface area contributed by atoms with Gasteiger partial charge in [-0.2, -0.15) is 5.26 Å². The van der Waals surface area contributed by atoms with Crippen LogP contribution in [-0.4, -0.2) is 12.5 Å². The van der Waals surface area contributed by atoms with Crippen LogP contribution in [0.15, 0.2) is 60.3 Å². The lowest BCUT2D eigenvalue weighted by atomic mass is 10.2. The van der Waals surface area contributed by atoms with Crippen molar-refractivity contribution in [2.75, 3.05) is 11.9 Å². The maximum atomic E-state index is 12.1. The predicted octanol–water partition coefficient (Wildman–Crippen LogP) is 3.87. The van der Waals surface area contributed by atoms with Crippen LogP contribution in [0.3, 0.4) is 0 Å². The number of carbonyl (C=O) groups excluding carboxylic acids is 1. The summed E-state index contributed by atoms with van der Waals surface area (Å²) in [5, 5.41) is 15.3. The summed E-state index contributed by atoms with van der Waals surface area (Å²) < 4.78 is 5.36. The Morgan fingerprint density at radius 1 is 1.24 bits per heavy atom. The highest BCUT2D eigenvalue weighted by Gasteiger charge is 2.09. The molecular weight excluding hydrogens is 338 g/mol. The van der Waals surface area contributed by atoms with E-state index in [1.807, 2.05) is 43.3 Å². The average molecular weight is 356 g/mol. The van der Waals surface area contributed by atoms with E-state index in [2.05, 4.69) is 10.6 Å². The van der Waals surface area contributed by atoms with E-state index in [4.69, 9.17) is 16.3 Å². The van der Waals surface area contributed by atoms with Crippen LogP contribution in [-0.2, 0) is 11.3 Å². The first-order chi connectivity index (χ1) is 12.1. The highest BCUT2D eigenvalue weighted by Crippen LogP contribution is 2.16. The minimum absolute atomic E-state index is 0.0269. The quantitative estimate of drug-likeness (QED) is 0.584. The molecular formula is C19H18ClN3O2. The molecule has 0 aliphatic rings. The van der Waals surface area contributed by atoms with Gasteiger partial charge in [0, 0.05) is 23.5 Å². The number of anilines is 1. The first-order valence-corrected chi connectivity index (χ1v) is 8.13. The van der Waals surface area contributed by atoms with Crippen molar-refractivity contribution >= 4 is 23.2 Å². The summed E-state index contributed by atoms with van der Waals surface area (Å²) in [6.07, 6.45) is 1.37. The van der Waals surface area contributed by atoms with Gasteiger partial charge in [0.25, 0.3) is 5.91 Å². The van der Waals surface area contributed by atoms with E-state index >= 15 is 0 Å². The van der Waals surface area contributed by atoms with Crippen LogP contribution >= 0.6 is 11.6 Å². The zero-order valence-corrected chi connectivity index (χ0v) is 14.5. The van der Waals surface area contributed by atoms with Crippen LogP contribution < -0.4 is 15.4 Å². The van der Waals surface area contributed by atoms with Crippen LogP contribution in [0.25, 0.3) is 0 Å². The highest BCUT2D eigenvalue weighted by molar-refractivity contribution is 6.31. The van der Waals surface area contributed by atoms with E-state index in [0.29, 0.717) is 11.6 Å². The largest absolute Gasteiger partial charge is 0.494 e. The summed E-state index contributed by atoms with van der Waals surface area (Å²) in [6, 6.07) is 16.3. The number of nitriles is 1. The zero-order chi connectivity index (χ0) is 18.1. The topological polar surface area (TPSA) is 74.1 Å². The van der Waals surface area contributed by atoms with Gasteiger partial charge in [0.2, 0.25) is 0 Å². The third-order valence-corrected chi connectivity index (χ3v) is 3.68. The number of carbonyl (C=O) groups is 1. The summed E-state index contributed by atoms with van der Waals surface area (Å²) in [6.45, 7) is 2.76. The van der Waals surface area contributed by atoms with E-state index in [-0.39, 0.29) is 12.1 Å². The van der Waals surface area contributed by atoms with Crippen molar-refractivity contribution in [1.82, 2.24) is 5.32 Å². The molecule has 0 spiro atoms. The molecule has 0 unspecified atom stereocenters. The van der Waals surface area contributed by atoms with Gasteiger partial charge in [-0.3, -0.25) is 4.79 Å². The molecule has 0 aliphatic heterocycles. The lowest BCUT2D eigenvalue weighted by molar-refractivity contribution is -0.117. The molecule has 1 amide bonds. The second-order valence-electron chi connectivity index (χ2n) is 5.05. The Balaban J connectivity index is 1.95. The smallest absolute Gasteiger partial charge is 0.263 e. The fourth-order valence-electron chi connectivity index (χ4n) is 2.03. The van der Waals surface area contributed by atoms with E-state index < -0.39 is 5.91 Å². The summed E-state index contributed by atoms with van der Waals surface area (Å²) >= 11 is 6.04. The van der Waals surface area contributed by atoms with Crippen LogP contribution in [0, 0.1) is 11.3 Å². The predicted molar refractivity (Wildman–Crippen MR) is 98.2 cm³/mol. The van der Waals surface area contributed by atoms with Crippen molar-refractivity contribution in [2.24, 2.45) is 0 Å². The normalized spacial score (nSPS) is 10.7. The van der Waals surface area contributed by atoms with Crippen molar-refractivity contribution in [3.63, 3.8) is 0 Å². The molecule has 2 aromatic carbocycles. The maximum Gasteiger partial charge on any atom is 0.263 e. The van der Waals surface area contributed by atoms with Gasteiger partial charge in [-0.25, -0.2) is 0 Å². The van der Waals surface area contributed by atoms with Crippen LogP contribution in [0.4, 0.5) is 5.69 Å². The Morgan fingerprint density at radius 3 is 2.60 bits per heavy atom. The monoisotopic (exact) mass is 355 g/mol. The minimum atomic E-state index is -0.471. The van der Waals surface area contributed by atoms with Crippen molar-refractivity contribution in [3.8, 4) is 11.8 Å². The van der Waals surface area contributed by atoms with Crippen molar-refractivity contribution < 1.29 is 9.53 Å². The molecule has 0 aromatic heterocycles. The van der Waals surface area contributed by atoms with E-state index in [1.165, 1.54) is 6.20 Å². The Kier molecular flexibility index (Phi) is 6.87.